The third kappa shape index (κ3) is 5.31. The molecule has 11 heteroatoms. The van der Waals surface area contributed by atoms with Gasteiger partial charge in [0, 0.05) is 30.5 Å². The standard InChI is InChI=1S/C17H18FN3O6S/c1-11(10-27-2)20-28(25,26)14-6-3-12(4-7-14)17(22)19-13-5-8-15(18)16(9-13)21(23)24/h3-9,11,20H,10H2,1-2H3,(H,19,22)/t11-/m1/s1. The SMILES string of the molecule is COC[C@@H](C)NS(=O)(=O)c1ccc(C(=O)Nc2ccc(F)c([N+](=O)[O-])c2)cc1. The molecule has 0 spiro atoms. The molecule has 0 fully saturated rings. The molecule has 9 nitrogen and oxygen atoms in total. The number of halogens is 1. The van der Waals surface area contributed by atoms with E-state index in [1.165, 1.54) is 37.4 Å². The van der Waals surface area contributed by atoms with E-state index in [-0.39, 0.29) is 22.8 Å². The number of nitrogens with one attached hydrogen (secondary N) is 2. The Morgan fingerprint density at radius 1 is 1.25 bits per heavy atom. The van der Waals surface area contributed by atoms with E-state index in [0.29, 0.717) is 0 Å². The molecule has 2 aromatic rings. The lowest BCUT2D eigenvalue weighted by molar-refractivity contribution is -0.387. The van der Waals surface area contributed by atoms with Crippen molar-refractivity contribution in [2.24, 2.45) is 0 Å². The van der Waals surface area contributed by atoms with Crippen molar-refractivity contribution in [1.82, 2.24) is 4.72 Å². The van der Waals surface area contributed by atoms with Gasteiger partial charge < -0.3 is 10.1 Å². The molecule has 28 heavy (non-hydrogen) atoms. The number of carbonyl (C=O) groups excluding carboxylic acids is 1. The number of amides is 1. The Bertz CT molecular complexity index is 979. The fourth-order valence-corrected chi connectivity index (χ4v) is 3.56. The number of nitro benzene ring substituents is 1. The van der Waals surface area contributed by atoms with Crippen LogP contribution in [0.3, 0.4) is 0 Å². The van der Waals surface area contributed by atoms with Gasteiger partial charge in [-0.25, -0.2) is 13.1 Å². The fraction of sp³-hybridized carbons (Fsp3) is 0.235. The molecule has 0 aromatic heterocycles. The summed E-state index contributed by atoms with van der Waals surface area (Å²) in [6.45, 7) is 1.84. The zero-order chi connectivity index (χ0) is 20.9. The lowest BCUT2D eigenvalue weighted by atomic mass is 10.2. The van der Waals surface area contributed by atoms with E-state index in [4.69, 9.17) is 4.74 Å². The van der Waals surface area contributed by atoms with E-state index >= 15 is 0 Å². The molecule has 0 saturated heterocycles. The first-order chi connectivity index (χ1) is 13.1. The van der Waals surface area contributed by atoms with Gasteiger partial charge in [0.1, 0.15) is 0 Å². The monoisotopic (exact) mass is 411 g/mol. The number of hydrogen-bond acceptors (Lipinski definition) is 6. The molecule has 0 saturated carbocycles. The van der Waals surface area contributed by atoms with Gasteiger partial charge in [-0.15, -0.1) is 0 Å². The molecule has 2 N–H and O–H groups in total. The lowest BCUT2D eigenvalue weighted by Gasteiger charge is -2.13. The Kier molecular flexibility index (Phi) is 6.78. The zero-order valence-corrected chi connectivity index (χ0v) is 15.8. The summed E-state index contributed by atoms with van der Waals surface area (Å²) >= 11 is 0. The zero-order valence-electron chi connectivity index (χ0n) is 15.0. The van der Waals surface area contributed by atoms with Crippen molar-refractivity contribution in [3.63, 3.8) is 0 Å². The van der Waals surface area contributed by atoms with Crippen LogP contribution in [0.4, 0.5) is 15.8 Å². The van der Waals surface area contributed by atoms with Gasteiger partial charge >= 0.3 is 5.69 Å². The van der Waals surface area contributed by atoms with Crippen LogP contribution in [0, 0.1) is 15.9 Å². The topological polar surface area (TPSA) is 128 Å². The van der Waals surface area contributed by atoms with Crippen LogP contribution in [-0.2, 0) is 14.8 Å². The molecule has 0 radical (unpaired) electrons. The number of benzene rings is 2. The molecule has 0 unspecified atom stereocenters. The third-order valence-electron chi connectivity index (χ3n) is 3.60. The number of nitro groups is 1. The van der Waals surface area contributed by atoms with E-state index in [2.05, 4.69) is 10.0 Å². The van der Waals surface area contributed by atoms with Crippen LogP contribution >= 0.6 is 0 Å². The average Bonchev–Trinajstić information content (AvgIpc) is 2.63. The second-order valence-electron chi connectivity index (χ2n) is 5.88. The van der Waals surface area contributed by atoms with Crippen molar-refractivity contribution >= 4 is 27.3 Å². The predicted molar refractivity (Wildman–Crippen MR) is 99.1 cm³/mol. The van der Waals surface area contributed by atoms with Gasteiger partial charge in [0.05, 0.1) is 16.4 Å². The molecule has 150 valence electrons. The lowest BCUT2D eigenvalue weighted by Crippen LogP contribution is -2.35. The summed E-state index contributed by atoms with van der Waals surface area (Å²) in [5, 5.41) is 13.2. The summed E-state index contributed by atoms with van der Waals surface area (Å²) in [5.41, 5.74) is -0.615. The highest BCUT2D eigenvalue weighted by Crippen LogP contribution is 2.22. The van der Waals surface area contributed by atoms with Gasteiger partial charge in [-0.1, -0.05) is 0 Å². The van der Waals surface area contributed by atoms with Gasteiger partial charge in [-0.2, -0.15) is 4.39 Å². The van der Waals surface area contributed by atoms with Crippen LogP contribution in [0.1, 0.15) is 17.3 Å². The molecule has 2 aromatic carbocycles. The fourth-order valence-electron chi connectivity index (χ4n) is 2.34. The molecule has 0 aliphatic rings. The highest BCUT2D eigenvalue weighted by atomic mass is 32.2. The Morgan fingerprint density at radius 2 is 1.89 bits per heavy atom. The smallest absolute Gasteiger partial charge is 0.306 e. The highest BCUT2D eigenvalue weighted by Gasteiger charge is 2.19. The minimum atomic E-state index is -3.78. The van der Waals surface area contributed by atoms with Gasteiger partial charge in [0.2, 0.25) is 15.8 Å². The number of carbonyl (C=O) groups is 1. The Hall–Kier alpha value is -2.89. The Morgan fingerprint density at radius 3 is 2.46 bits per heavy atom. The number of rotatable bonds is 8. The summed E-state index contributed by atoms with van der Waals surface area (Å²) in [7, 11) is -2.33. The first-order valence-corrected chi connectivity index (χ1v) is 9.49. The van der Waals surface area contributed by atoms with E-state index in [9.17, 15) is 27.7 Å². The summed E-state index contributed by atoms with van der Waals surface area (Å²) in [6, 6.07) is 7.61. The molecule has 1 atom stereocenters. The van der Waals surface area contributed by atoms with E-state index in [0.717, 1.165) is 12.1 Å². The van der Waals surface area contributed by atoms with Crippen LogP contribution in [0.25, 0.3) is 0 Å². The molecule has 2 rings (SSSR count). The minimum Gasteiger partial charge on any atom is -0.383 e. The van der Waals surface area contributed by atoms with Crippen molar-refractivity contribution in [3.05, 3.63) is 64.0 Å². The van der Waals surface area contributed by atoms with Crippen LogP contribution in [0.2, 0.25) is 0 Å². The number of nitrogens with zero attached hydrogens (tertiary/aromatic N) is 1. The predicted octanol–water partition coefficient (Wildman–Crippen LogP) is 2.30. The normalized spacial score (nSPS) is 12.4. The summed E-state index contributed by atoms with van der Waals surface area (Å²) in [6.07, 6.45) is 0. The molecular weight excluding hydrogens is 393 g/mol. The molecular formula is C17H18FN3O6S. The molecule has 0 heterocycles. The second kappa shape index (κ2) is 8.87. The second-order valence-corrected chi connectivity index (χ2v) is 7.59. The molecule has 1 amide bonds. The van der Waals surface area contributed by atoms with Crippen LogP contribution in [-0.4, -0.2) is 39.0 Å². The summed E-state index contributed by atoms with van der Waals surface area (Å²) < 4.78 is 45.2. The molecule has 0 aliphatic heterocycles. The van der Waals surface area contributed by atoms with Crippen LogP contribution in [0.15, 0.2) is 47.4 Å². The van der Waals surface area contributed by atoms with Crippen LogP contribution < -0.4 is 10.0 Å². The summed E-state index contributed by atoms with van der Waals surface area (Å²) in [5.74, 6) is -1.65. The van der Waals surface area contributed by atoms with E-state index < -0.39 is 38.4 Å². The Balaban J connectivity index is 2.14. The van der Waals surface area contributed by atoms with Gasteiger partial charge in [-0.3, -0.25) is 14.9 Å². The number of ether oxygens (including phenoxy) is 1. The summed E-state index contributed by atoms with van der Waals surface area (Å²) in [4.78, 5) is 22.1. The quantitative estimate of drug-likeness (QED) is 0.507. The largest absolute Gasteiger partial charge is 0.383 e. The first kappa shape index (κ1) is 21.4. The number of hydrogen-bond donors (Lipinski definition) is 2. The Labute approximate surface area is 160 Å². The van der Waals surface area contributed by atoms with Gasteiger partial charge in [0.25, 0.3) is 5.91 Å². The average molecular weight is 411 g/mol. The van der Waals surface area contributed by atoms with E-state index in [1.807, 2.05) is 0 Å². The van der Waals surface area contributed by atoms with Crippen molar-refractivity contribution in [3.8, 4) is 0 Å². The van der Waals surface area contributed by atoms with Crippen molar-refractivity contribution in [2.45, 2.75) is 17.9 Å². The maximum atomic E-state index is 13.4. The maximum absolute atomic E-state index is 13.4. The highest BCUT2D eigenvalue weighted by molar-refractivity contribution is 7.89. The first-order valence-electron chi connectivity index (χ1n) is 8.00. The van der Waals surface area contributed by atoms with Crippen LogP contribution in [0.5, 0.6) is 0 Å². The van der Waals surface area contributed by atoms with E-state index in [1.54, 1.807) is 6.92 Å². The van der Waals surface area contributed by atoms with Crippen molar-refractivity contribution < 1.29 is 27.3 Å². The minimum absolute atomic E-state index is 0.0323. The van der Waals surface area contributed by atoms with Gasteiger partial charge in [0.15, 0.2) is 0 Å². The van der Waals surface area contributed by atoms with Gasteiger partial charge in [-0.05, 0) is 43.3 Å². The number of methoxy groups -OCH3 is 1. The third-order valence-corrected chi connectivity index (χ3v) is 5.21. The number of anilines is 1. The molecule has 0 aliphatic carbocycles. The van der Waals surface area contributed by atoms with Crippen molar-refractivity contribution in [2.75, 3.05) is 19.0 Å². The van der Waals surface area contributed by atoms with Crippen molar-refractivity contribution in [1.29, 1.82) is 0 Å². The number of sulfonamides is 1. The maximum Gasteiger partial charge on any atom is 0.306 e. The molecule has 0 bridgehead atoms.